The number of nitrogens with zero attached hydrogens (tertiary/aromatic N) is 1. The third-order valence-electron chi connectivity index (χ3n) is 3.51. The van der Waals surface area contributed by atoms with E-state index in [1.165, 1.54) is 11.3 Å². The average molecular weight is 391 g/mol. The summed E-state index contributed by atoms with van der Waals surface area (Å²) in [6, 6.07) is 6.56. The molecule has 0 saturated carbocycles. The quantitative estimate of drug-likeness (QED) is 0.662. The van der Waals surface area contributed by atoms with Crippen LogP contribution in [0, 0.1) is 0 Å². The van der Waals surface area contributed by atoms with Gasteiger partial charge in [0, 0.05) is 17.5 Å². The van der Waals surface area contributed by atoms with Crippen molar-refractivity contribution in [3.8, 4) is 16.3 Å². The van der Waals surface area contributed by atoms with Gasteiger partial charge in [0.1, 0.15) is 16.8 Å². The molecule has 0 spiro atoms. The fourth-order valence-corrected chi connectivity index (χ4v) is 2.91. The monoisotopic (exact) mass is 391 g/mol. The van der Waals surface area contributed by atoms with E-state index >= 15 is 0 Å². The van der Waals surface area contributed by atoms with Gasteiger partial charge in [0.25, 0.3) is 5.91 Å². The summed E-state index contributed by atoms with van der Waals surface area (Å²) in [5.74, 6) is -0.844. The minimum atomic E-state index is -0.711. The Morgan fingerprint density at radius 2 is 1.93 bits per heavy atom. The lowest BCUT2D eigenvalue weighted by atomic mass is 10.2. The van der Waals surface area contributed by atoms with Crippen molar-refractivity contribution in [1.29, 1.82) is 0 Å². The van der Waals surface area contributed by atoms with Crippen LogP contribution in [0.1, 0.15) is 24.3 Å². The minimum Gasteiger partial charge on any atom is -0.497 e. The molecule has 0 bridgehead atoms. The first kappa shape index (κ1) is 20.4. The zero-order valence-electron chi connectivity index (χ0n) is 15.3. The molecule has 0 fully saturated rings. The van der Waals surface area contributed by atoms with Crippen LogP contribution in [0.15, 0.2) is 29.6 Å². The van der Waals surface area contributed by atoms with Crippen LogP contribution in [-0.2, 0) is 14.3 Å². The fraction of sp³-hybridized carbons (Fsp3) is 0.333. The van der Waals surface area contributed by atoms with Gasteiger partial charge in [-0.25, -0.2) is 9.78 Å². The van der Waals surface area contributed by atoms with E-state index in [0.29, 0.717) is 11.6 Å². The van der Waals surface area contributed by atoms with Gasteiger partial charge in [0.15, 0.2) is 12.3 Å². The number of carbonyl (C=O) groups excluding carboxylic acids is 3. The molecule has 1 heterocycles. The minimum absolute atomic E-state index is 0.121. The molecule has 0 radical (unpaired) electrons. The molecule has 0 aliphatic rings. The SMILES string of the molecule is CCNC(=O)[C@H](C)NC(=O)COC(=O)c1csc(-c2ccc(OC)cc2)n1. The number of benzene rings is 1. The number of esters is 1. The van der Waals surface area contributed by atoms with Gasteiger partial charge in [-0.3, -0.25) is 9.59 Å². The van der Waals surface area contributed by atoms with Crippen LogP contribution in [0.2, 0.25) is 0 Å². The van der Waals surface area contributed by atoms with E-state index in [1.807, 2.05) is 12.1 Å². The van der Waals surface area contributed by atoms with Gasteiger partial charge in [0.2, 0.25) is 5.91 Å². The van der Waals surface area contributed by atoms with Gasteiger partial charge in [-0.2, -0.15) is 0 Å². The van der Waals surface area contributed by atoms with Gasteiger partial charge in [-0.15, -0.1) is 11.3 Å². The van der Waals surface area contributed by atoms with Crippen molar-refractivity contribution >= 4 is 29.1 Å². The number of methoxy groups -OCH3 is 1. The van der Waals surface area contributed by atoms with Gasteiger partial charge in [-0.1, -0.05) is 0 Å². The molecule has 8 nitrogen and oxygen atoms in total. The summed E-state index contributed by atoms with van der Waals surface area (Å²) in [6.45, 7) is 3.31. The number of likely N-dealkylation sites (N-methyl/N-ethyl adjacent to an activating group) is 1. The molecule has 0 aliphatic carbocycles. The predicted molar refractivity (Wildman–Crippen MR) is 101 cm³/mol. The van der Waals surface area contributed by atoms with E-state index in [2.05, 4.69) is 15.6 Å². The summed E-state index contributed by atoms with van der Waals surface area (Å²) in [4.78, 5) is 39.6. The van der Waals surface area contributed by atoms with E-state index in [-0.39, 0.29) is 11.6 Å². The number of aromatic nitrogens is 1. The maximum atomic E-state index is 12.1. The summed E-state index contributed by atoms with van der Waals surface area (Å²) in [6.07, 6.45) is 0. The number of carbonyl (C=O) groups is 3. The Balaban J connectivity index is 1.88. The smallest absolute Gasteiger partial charge is 0.358 e. The Morgan fingerprint density at radius 1 is 1.22 bits per heavy atom. The lowest BCUT2D eigenvalue weighted by molar-refractivity contribution is -0.130. The van der Waals surface area contributed by atoms with Crippen molar-refractivity contribution in [2.75, 3.05) is 20.3 Å². The summed E-state index contributed by atoms with van der Waals surface area (Å²) >= 11 is 1.29. The first-order valence-corrected chi connectivity index (χ1v) is 9.16. The topological polar surface area (TPSA) is 107 Å². The van der Waals surface area contributed by atoms with Gasteiger partial charge < -0.3 is 20.1 Å². The first-order chi connectivity index (χ1) is 12.9. The van der Waals surface area contributed by atoms with Crippen LogP contribution >= 0.6 is 11.3 Å². The predicted octanol–water partition coefficient (Wildman–Crippen LogP) is 1.62. The molecule has 1 aromatic carbocycles. The highest BCUT2D eigenvalue weighted by molar-refractivity contribution is 7.13. The molecule has 1 atom stereocenters. The summed E-state index contributed by atoms with van der Waals surface area (Å²) in [5, 5.41) is 7.26. The molecular formula is C18H21N3O5S. The van der Waals surface area contributed by atoms with E-state index in [4.69, 9.17) is 9.47 Å². The second-order valence-electron chi connectivity index (χ2n) is 5.53. The zero-order valence-corrected chi connectivity index (χ0v) is 16.1. The molecule has 1 aromatic heterocycles. The highest BCUT2D eigenvalue weighted by Crippen LogP contribution is 2.25. The van der Waals surface area contributed by atoms with Crippen LogP contribution in [0.3, 0.4) is 0 Å². The Kier molecular flexibility index (Phi) is 7.30. The standard InChI is InChI=1S/C18H21N3O5S/c1-4-19-16(23)11(2)20-15(22)9-26-18(24)14-10-27-17(21-14)12-5-7-13(25-3)8-6-12/h5-8,10-11H,4,9H2,1-3H3,(H,19,23)(H,20,22)/t11-/m0/s1. The van der Waals surface area contributed by atoms with E-state index in [9.17, 15) is 14.4 Å². The number of thiazole rings is 1. The molecule has 2 N–H and O–H groups in total. The molecule has 0 saturated heterocycles. The number of hydrogen-bond acceptors (Lipinski definition) is 7. The molecule has 0 aliphatic heterocycles. The number of hydrogen-bond donors (Lipinski definition) is 2. The highest BCUT2D eigenvalue weighted by atomic mass is 32.1. The van der Waals surface area contributed by atoms with Crippen molar-refractivity contribution in [3.63, 3.8) is 0 Å². The molecule has 2 amide bonds. The third kappa shape index (κ3) is 5.78. The second-order valence-corrected chi connectivity index (χ2v) is 6.38. The van der Waals surface area contributed by atoms with Crippen molar-refractivity contribution in [3.05, 3.63) is 35.3 Å². The maximum Gasteiger partial charge on any atom is 0.358 e. The summed E-state index contributed by atoms with van der Waals surface area (Å²) < 4.78 is 10.1. The van der Waals surface area contributed by atoms with E-state index in [0.717, 1.165) is 11.3 Å². The van der Waals surface area contributed by atoms with Crippen molar-refractivity contribution in [2.45, 2.75) is 19.9 Å². The number of rotatable bonds is 8. The van der Waals surface area contributed by atoms with Crippen LogP contribution in [-0.4, -0.2) is 49.1 Å². The molecule has 9 heteroatoms. The van der Waals surface area contributed by atoms with E-state index < -0.39 is 24.5 Å². The molecule has 144 valence electrons. The Morgan fingerprint density at radius 3 is 2.56 bits per heavy atom. The normalized spacial score (nSPS) is 11.4. The second kappa shape index (κ2) is 9.67. The van der Waals surface area contributed by atoms with Crippen LogP contribution in [0.25, 0.3) is 10.6 Å². The molecular weight excluding hydrogens is 370 g/mol. The molecule has 0 unspecified atom stereocenters. The molecule has 2 rings (SSSR count). The Hall–Kier alpha value is -2.94. The Labute approximate surface area is 160 Å². The van der Waals surface area contributed by atoms with Gasteiger partial charge >= 0.3 is 5.97 Å². The highest BCUT2D eigenvalue weighted by Gasteiger charge is 2.18. The summed E-state index contributed by atoms with van der Waals surface area (Å²) in [7, 11) is 1.58. The maximum absolute atomic E-state index is 12.1. The first-order valence-electron chi connectivity index (χ1n) is 8.28. The molecule has 2 aromatic rings. The number of nitrogens with one attached hydrogen (secondary N) is 2. The number of amides is 2. The van der Waals surface area contributed by atoms with Crippen molar-refractivity contribution < 1.29 is 23.9 Å². The van der Waals surface area contributed by atoms with Gasteiger partial charge in [0.05, 0.1) is 7.11 Å². The lowest BCUT2D eigenvalue weighted by Gasteiger charge is -2.13. The van der Waals surface area contributed by atoms with Crippen molar-refractivity contribution in [1.82, 2.24) is 15.6 Å². The summed E-state index contributed by atoms with van der Waals surface area (Å²) in [5.41, 5.74) is 0.962. The lowest BCUT2D eigenvalue weighted by Crippen LogP contribution is -2.46. The van der Waals surface area contributed by atoms with Crippen LogP contribution in [0.4, 0.5) is 0 Å². The van der Waals surface area contributed by atoms with Gasteiger partial charge in [-0.05, 0) is 38.1 Å². The molecule has 27 heavy (non-hydrogen) atoms. The zero-order chi connectivity index (χ0) is 19.8. The van der Waals surface area contributed by atoms with Crippen LogP contribution < -0.4 is 15.4 Å². The third-order valence-corrected chi connectivity index (χ3v) is 4.40. The number of ether oxygens (including phenoxy) is 2. The fourth-order valence-electron chi connectivity index (χ4n) is 2.11. The van der Waals surface area contributed by atoms with Crippen LogP contribution in [0.5, 0.6) is 5.75 Å². The largest absolute Gasteiger partial charge is 0.497 e. The average Bonchev–Trinajstić information content (AvgIpc) is 3.16. The van der Waals surface area contributed by atoms with Crippen molar-refractivity contribution in [2.24, 2.45) is 0 Å². The van der Waals surface area contributed by atoms with E-state index in [1.54, 1.807) is 38.5 Å². The Bertz CT molecular complexity index is 804.